The molecule has 0 aliphatic rings. The van der Waals surface area contributed by atoms with E-state index in [4.69, 9.17) is 10.3 Å². The first-order valence-corrected chi connectivity index (χ1v) is 6.30. The highest BCUT2D eigenvalue weighted by Gasteiger charge is 2.35. The van der Waals surface area contributed by atoms with E-state index in [0.29, 0.717) is 0 Å². The summed E-state index contributed by atoms with van der Waals surface area (Å²) in [5, 5.41) is 28.1. The van der Waals surface area contributed by atoms with Crippen LogP contribution in [0.25, 0.3) is 0 Å². The van der Waals surface area contributed by atoms with Gasteiger partial charge in [-0.3, -0.25) is 14.1 Å². The normalized spacial score (nSPS) is 18.4. The Bertz CT molecular complexity index is 434. The van der Waals surface area contributed by atoms with Crippen LogP contribution in [0.4, 0.5) is 0 Å². The number of nitrogens with two attached hydrogens (primary N) is 1. The minimum absolute atomic E-state index is 0.902. The van der Waals surface area contributed by atoms with Gasteiger partial charge in [-0.05, 0) is 0 Å². The average molecular weight is 301 g/mol. The van der Waals surface area contributed by atoms with Crippen LogP contribution >= 0.6 is 0 Å². The van der Waals surface area contributed by atoms with Gasteiger partial charge in [-0.2, -0.15) is 8.42 Å². The lowest BCUT2D eigenvalue weighted by atomic mass is 9.97. The van der Waals surface area contributed by atoms with E-state index in [1.165, 1.54) is 0 Å². The second-order valence-electron chi connectivity index (χ2n) is 3.71. The zero-order valence-corrected chi connectivity index (χ0v) is 10.6. The molecule has 0 aromatic carbocycles. The summed E-state index contributed by atoms with van der Waals surface area (Å²) < 4.78 is 32.4. The van der Waals surface area contributed by atoms with Crippen molar-refractivity contribution >= 4 is 22.0 Å². The summed E-state index contributed by atoms with van der Waals surface area (Å²) in [5.41, 5.74) is 5.18. The van der Waals surface area contributed by atoms with Gasteiger partial charge < -0.3 is 21.1 Å². The number of aliphatic hydroxyl groups excluding tert-OH is 3. The van der Waals surface area contributed by atoms with Crippen LogP contribution in [0.3, 0.4) is 0 Å². The topological polar surface area (TPSA) is 184 Å². The minimum Gasteiger partial charge on any atom is -0.388 e. The van der Waals surface area contributed by atoms with Crippen molar-refractivity contribution < 1.29 is 42.1 Å². The molecule has 0 amide bonds. The van der Waals surface area contributed by atoms with Crippen LogP contribution in [0.2, 0.25) is 0 Å². The largest absolute Gasteiger partial charge is 0.397 e. The summed E-state index contributed by atoms with van der Waals surface area (Å²) >= 11 is 0. The summed E-state index contributed by atoms with van der Waals surface area (Å²) in [6, 6.07) is -1.78. The number of ketones is 2. The van der Waals surface area contributed by atoms with Crippen LogP contribution in [0.1, 0.15) is 6.92 Å². The van der Waals surface area contributed by atoms with Crippen molar-refractivity contribution in [2.75, 3.05) is 6.61 Å². The monoisotopic (exact) mass is 301 g/mol. The molecular formula is C8H15NO9S. The predicted molar refractivity (Wildman–Crippen MR) is 59.2 cm³/mol. The molecule has 19 heavy (non-hydrogen) atoms. The van der Waals surface area contributed by atoms with Gasteiger partial charge in [0.25, 0.3) is 0 Å². The van der Waals surface area contributed by atoms with Crippen molar-refractivity contribution in [3.63, 3.8) is 0 Å². The number of hydrogen-bond donors (Lipinski definition) is 5. The number of carbonyl (C=O) groups excluding carboxylic acids is 2. The highest BCUT2D eigenvalue weighted by molar-refractivity contribution is 7.80. The van der Waals surface area contributed by atoms with Gasteiger partial charge in [-0.1, -0.05) is 0 Å². The van der Waals surface area contributed by atoms with Crippen molar-refractivity contribution in [3.05, 3.63) is 0 Å². The Labute approximate surface area is 108 Å². The molecule has 0 aromatic rings. The fourth-order valence-electron chi connectivity index (χ4n) is 1.08. The van der Waals surface area contributed by atoms with Crippen molar-refractivity contribution in [1.82, 2.24) is 0 Å². The quantitative estimate of drug-likeness (QED) is 0.221. The van der Waals surface area contributed by atoms with Gasteiger partial charge in [-0.25, -0.2) is 4.18 Å². The molecule has 11 heteroatoms. The first-order chi connectivity index (χ1) is 8.47. The smallest absolute Gasteiger partial charge is 0.388 e. The number of hydrogen-bond acceptors (Lipinski definition) is 9. The van der Waals surface area contributed by atoms with Gasteiger partial charge >= 0.3 is 10.4 Å². The lowest BCUT2D eigenvalue weighted by Gasteiger charge is -2.25. The zero-order chi connectivity index (χ0) is 15.4. The van der Waals surface area contributed by atoms with Gasteiger partial charge in [0.15, 0.2) is 5.78 Å². The van der Waals surface area contributed by atoms with Gasteiger partial charge in [0, 0.05) is 6.92 Å². The minimum atomic E-state index is -4.83. The summed E-state index contributed by atoms with van der Waals surface area (Å²) in [6.45, 7) is -0.169. The van der Waals surface area contributed by atoms with Crippen LogP contribution < -0.4 is 5.73 Å². The Balaban J connectivity index is 4.59. The number of aliphatic hydroxyl groups is 3. The summed E-state index contributed by atoms with van der Waals surface area (Å²) in [7, 11) is -4.83. The third kappa shape index (κ3) is 6.15. The van der Waals surface area contributed by atoms with E-state index in [1.54, 1.807) is 0 Å². The van der Waals surface area contributed by atoms with Crippen LogP contribution in [-0.4, -0.2) is 70.8 Å². The molecule has 4 atom stereocenters. The molecule has 112 valence electrons. The second-order valence-corrected chi connectivity index (χ2v) is 4.80. The van der Waals surface area contributed by atoms with E-state index in [-0.39, 0.29) is 0 Å². The maximum absolute atomic E-state index is 11.1. The van der Waals surface area contributed by atoms with E-state index < -0.39 is 52.9 Å². The van der Waals surface area contributed by atoms with Gasteiger partial charge in [-0.15, -0.1) is 0 Å². The van der Waals surface area contributed by atoms with E-state index in [2.05, 4.69) is 4.18 Å². The van der Waals surface area contributed by atoms with Crippen molar-refractivity contribution in [2.45, 2.75) is 31.3 Å². The van der Waals surface area contributed by atoms with Crippen molar-refractivity contribution in [1.29, 1.82) is 0 Å². The van der Waals surface area contributed by atoms with Crippen LogP contribution in [-0.2, 0) is 24.2 Å². The third-order valence-electron chi connectivity index (χ3n) is 2.15. The SMILES string of the molecule is CC(=O)C(=O)[C@H](N)[C@@H](O)[C@H](O)[C@H](O)COS(=O)(=O)O. The lowest BCUT2D eigenvalue weighted by molar-refractivity contribution is -0.140. The first kappa shape index (κ1) is 18.0. The van der Waals surface area contributed by atoms with Crippen LogP contribution in [0.15, 0.2) is 0 Å². The molecule has 0 unspecified atom stereocenters. The molecule has 0 spiro atoms. The molecular weight excluding hydrogens is 286 g/mol. The number of carbonyl (C=O) groups is 2. The van der Waals surface area contributed by atoms with Crippen molar-refractivity contribution in [3.8, 4) is 0 Å². The molecule has 0 aromatic heterocycles. The molecule has 0 radical (unpaired) electrons. The highest BCUT2D eigenvalue weighted by atomic mass is 32.3. The average Bonchev–Trinajstić information content (AvgIpc) is 2.30. The zero-order valence-electron chi connectivity index (χ0n) is 9.83. The maximum Gasteiger partial charge on any atom is 0.397 e. The van der Waals surface area contributed by atoms with Crippen molar-refractivity contribution in [2.24, 2.45) is 5.73 Å². The molecule has 0 aliphatic heterocycles. The lowest BCUT2D eigenvalue weighted by Crippen LogP contribution is -2.54. The Morgan fingerprint density at radius 2 is 1.68 bits per heavy atom. The van der Waals surface area contributed by atoms with Gasteiger partial charge in [0.1, 0.15) is 24.4 Å². The third-order valence-corrected chi connectivity index (χ3v) is 2.58. The molecule has 6 N–H and O–H groups in total. The Morgan fingerprint density at radius 1 is 1.21 bits per heavy atom. The van der Waals surface area contributed by atoms with E-state index in [1.807, 2.05) is 0 Å². The number of rotatable bonds is 8. The molecule has 0 bridgehead atoms. The Hall–Kier alpha value is -0.950. The Kier molecular flexibility index (Phi) is 6.65. The van der Waals surface area contributed by atoms with E-state index in [0.717, 1.165) is 6.92 Å². The van der Waals surface area contributed by atoms with E-state index in [9.17, 15) is 33.3 Å². The summed E-state index contributed by atoms with van der Waals surface area (Å²) in [4.78, 5) is 21.9. The molecule has 0 heterocycles. The summed E-state index contributed by atoms with van der Waals surface area (Å²) in [6.07, 6.45) is -6.03. The molecule has 0 fully saturated rings. The predicted octanol–water partition coefficient (Wildman–Crippen LogP) is -3.63. The summed E-state index contributed by atoms with van der Waals surface area (Å²) in [5.74, 6) is -2.13. The van der Waals surface area contributed by atoms with Crippen LogP contribution in [0.5, 0.6) is 0 Å². The highest BCUT2D eigenvalue weighted by Crippen LogP contribution is 2.06. The molecule has 0 saturated carbocycles. The first-order valence-electron chi connectivity index (χ1n) is 4.93. The molecule has 0 aliphatic carbocycles. The molecule has 10 nitrogen and oxygen atoms in total. The Morgan fingerprint density at radius 3 is 2.05 bits per heavy atom. The van der Waals surface area contributed by atoms with E-state index >= 15 is 0 Å². The number of Topliss-reactive ketones (excluding diaryl/α,β-unsaturated/α-hetero) is 2. The van der Waals surface area contributed by atoms with Gasteiger partial charge in [0.2, 0.25) is 5.78 Å². The fraction of sp³-hybridized carbons (Fsp3) is 0.750. The molecule has 0 rings (SSSR count). The van der Waals surface area contributed by atoms with Gasteiger partial charge in [0.05, 0.1) is 6.61 Å². The second kappa shape index (κ2) is 7.00. The standard InChI is InChI=1S/C8H15NO9S/c1-3(10)6(12)5(9)8(14)7(13)4(11)2-18-19(15,16)17/h4-5,7-8,11,13-14H,2,9H2,1H3,(H,15,16,17)/t4-,5+,7-,8-/m1/s1. The fourth-order valence-corrected chi connectivity index (χ4v) is 1.40. The molecule has 0 saturated heterocycles. The van der Waals surface area contributed by atoms with Crippen LogP contribution in [0, 0.1) is 0 Å². The maximum atomic E-state index is 11.1.